The molecule has 2 atom stereocenters. The standard InChI is InChI=1S/C32H29FN2O5S/c1-3-4-5-14-39-23-10-6-19(7-11-23)28-27(29(36)20-8-13-25-21(16-20)15-18(2)40-25)30(37)31(38)35(28)32-34-24-12-9-22(33)17-26(24)41-32/h6-13,16-18,28,36H,3-5,14-15H2,1-2H3. The highest BCUT2D eigenvalue weighted by molar-refractivity contribution is 7.22. The second-order valence-electron chi connectivity index (χ2n) is 10.4. The minimum atomic E-state index is -0.946. The summed E-state index contributed by atoms with van der Waals surface area (Å²) in [7, 11) is 0. The van der Waals surface area contributed by atoms with Crippen molar-refractivity contribution in [3.63, 3.8) is 0 Å². The maximum Gasteiger partial charge on any atom is 0.301 e. The lowest BCUT2D eigenvalue weighted by Crippen LogP contribution is -2.29. The zero-order valence-corrected chi connectivity index (χ0v) is 23.5. The van der Waals surface area contributed by atoms with E-state index in [-0.39, 0.29) is 22.6 Å². The Hall–Kier alpha value is -4.24. The van der Waals surface area contributed by atoms with Gasteiger partial charge in [0.15, 0.2) is 5.13 Å². The van der Waals surface area contributed by atoms with Gasteiger partial charge in [-0.1, -0.05) is 43.2 Å². The zero-order chi connectivity index (χ0) is 28.7. The zero-order valence-electron chi connectivity index (χ0n) is 22.7. The first kappa shape index (κ1) is 27.0. The predicted octanol–water partition coefficient (Wildman–Crippen LogP) is 6.95. The molecule has 3 heterocycles. The van der Waals surface area contributed by atoms with Crippen molar-refractivity contribution >= 4 is 44.1 Å². The number of carbonyl (C=O) groups excluding carboxylic acids is 2. The summed E-state index contributed by atoms with van der Waals surface area (Å²) in [4.78, 5) is 33.0. The fraction of sp³-hybridized carbons (Fsp3) is 0.281. The summed E-state index contributed by atoms with van der Waals surface area (Å²) >= 11 is 1.11. The SMILES string of the molecule is CCCCCOc1ccc(C2C(=C(O)c3ccc4c(c3)CC(C)O4)C(=O)C(=O)N2c2nc3ccc(F)cc3s2)cc1. The number of Topliss-reactive ketones (excluding diaryl/α,β-unsaturated/α-hetero) is 1. The fourth-order valence-electron chi connectivity index (χ4n) is 5.35. The fourth-order valence-corrected chi connectivity index (χ4v) is 6.36. The Morgan fingerprint density at radius 3 is 2.71 bits per heavy atom. The topological polar surface area (TPSA) is 89.0 Å². The highest BCUT2D eigenvalue weighted by Crippen LogP contribution is 2.45. The van der Waals surface area contributed by atoms with E-state index in [0.29, 0.717) is 40.1 Å². The summed E-state index contributed by atoms with van der Waals surface area (Å²) in [5, 5.41) is 11.8. The van der Waals surface area contributed by atoms with Gasteiger partial charge in [-0.25, -0.2) is 9.37 Å². The molecule has 6 rings (SSSR count). The summed E-state index contributed by atoms with van der Waals surface area (Å²) in [6, 6.07) is 15.7. The third-order valence-corrected chi connectivity index (χ3v) is 8.39. The number of aromatic nitrogens is 1. The Bertz CT molecular complexity index is 1680. The number of anilines is 1. The van der Waals surface area contributed by atoms with Gasteiger partial charge in [0.2, 0.25) is 0 Å². The van der Waals surface area contributed by atoms with E-state index in [2.05, 4.69) is 11.9 Å². The van der Waals surface area contributed by atoms with Gasteiger partial charge in [-0.15, -0.1) is 0 Å². The highest BCUT2D eigenvalue weighted by Gasteiger charge is 2.48. The van der Waals surface area contributed by atoms with Crippen LogP contribution in [0.1, 0.15) is 55.8 Å². The Morgan fingerprint density at radius 1 is 1.12 bits per heavy atom. The Labute approximate surface area is 240 Å². The quantitative estimate of drug-likeness (QED) is 0.106. The first-order valence-electron chi connectivity index (χ1n) is 13.7. The van der Waals surface area contributed by atoms with Gasteiger partial charge >= 0.3 is 5.91 Å². The third-order valence-electron chi connectivity index (χ3n) is 7.37. The van der Waals surface area contributed by atoms with Crippen LogP contribution in [0.15, 0.2) is 66.2 Å². The minimum absolute atomic E-state index is 0.0135. The minimum Gasteiger partial charge on any atom is -0.507 e. The molecule has 1 fully saturated rings. The number of amides is 1. The number of ether oxygens (including phenoxy) is 2. The molecular formula is C32H29FN2O5S. The predicted molar refractivity (Wildman–Crippen MR) is 156 cm³/mol. The molecular weight excluding hydrogens is 543 g/mol. The van der Waals surface area contributed by atoms with E-state index in [1.54, 1.807) is 42.5 Å². The maximum atomic E-state index is 13.9. The van der Waals surface area contributed by atoms with Gasteiger partial charge in [-0.3, -0.25) is 14.5 Å². The number of hydrogen-bond acceptors (Lipinski definition) is 7. The molecule has 0 aliphatic carbocycles. The van der Waals surface area contributed by atoms with Crippen LogP contribution in [0, 0.1) is 5.82 Å². The Kier molecular flexibility index (Phi) is 7.21. The Balaban J connectivity index is 1.44. The summed E-state index contributed by atoms with van der Waals surface area (Å²) in [6.07, 6.45) is 3.80. The summed E-state index contributed by atoms with van der Waals surface area (Å²) in [5.74, 6) is -0.912. The summed E-state index contributed by atoms with van der Waals surface area (Å²) in [6.45, 7) is 4.69. The average molecular weight is 573 g/mol. The number of aliphatic hydroxyl groups is 1. The van der Waals surface area contributed by atoms with Crippen LogP contribution in [0.2, 0.25) is 0 Å². The molecule has 41 heavy (non-hydrogen) atoms. The molecule has 7 nitrogen and oxygen atoms in total. The molecule has 1 amide bonds. The van der Waals surface area contributed by atoms with Crippen LogP contribution in [0.4, 0.5) is 9.52 Å². The van der Waals surface area contributed by atoms with E-state index in [1.807, 2.05) is 6.92 Å². The number of thiazole rings is 1. The van der Waals surface area contributed by atoms with Crippen molar-refractivity contribution < 1.29 is 28.6 Å². The lowest BCUT2D eigenvalue weighted by atomic mass is 9.94. The molecule has 0 radical (unpaired) electrons. The number of fused-ring (bicyclic) bond motifs is 2. The van der Waals surface area contributed by atoms with Crippen LogP contribution in [0.25, 0.3) is 16.0 Å². The average Bonchev–Trinajstić information content (AvgIpc) is 3.63. The molecule has 2 aliphatic heterocycles. The first-order chi connectivity index (χ1) is 19.8. The van der Waals surface area contributed by atoms with Gasteiger partial charge in [-0.05, 0) is 73.0 Å². The number of ketones is 1. The molecule has 1 saturated heterocycles. The van der Waals surface area contributed by atoms with Gasteiger partial charge in [0, 0.05) is 12.0 Å². The van der Waals surface area contributed by atoms with Crippen LogP contribution < -0.4 is 14.4 Å². The number of nitrogens with zero attached hydrogens (tertiary/aromatic N) is 2. The van der Waals surface area contributed by atoms with Gasteiger partial charge in [0.25, 0.3) is 5.78 Å². The van der Waals surface area contributed by atoms with Gasteiger partial charge in [0.05, 0.1) is 28.4 Å². The molecule has 4 aromatic rings. The Morgan fingerprint density at radius 2 is 1.93 bits per heavy atom. The maximum absolute atomic E-state index is 13.9. The lowest BCUT2D eigenvalue weighted by Gasteiger charge is -2.23. The molecule has 3 aromatic carbocycles. The second kappa shape index (κ2) is 11.0. The van der Waals surface area contributed by atoms with Crippen molar-refractivity contribution in [3.05, 3.63) is 88.7 Å². The van der Waals surface area contributed by atoms with Crippen molar-refractivity contribution in [2.24, 2.45) is 0 Å². The number of carbonyl (C=O) groups is 2. The molecule has 0 spiro atoms. The molecule has 9 heteroatoms. The lowest BCUT2D eigenvalue weighted by molar-refractivity contribution is -0.132. The number of unbranched alkanes of at least 4 members (excludes halogenated alkanes) is 2. The van der Waals surface area contributed by atoms with Gasteiger partial charge in [0.1, 0.15) is 29.2 Å². The second-order valence-corrected chi connectivity index (χ2v) is 11.4. The van der Waals surface area contributed by atoms with Crippen LogP contribution in [0.3, 0.4) is 0 Å². The van der Waals surface area contributed by atoms with E-state index in [9.17, 15) is 19.1 Å². The molecule has 1 N–H and O–H groups in total. The number of rotatable bonds is 8. The number of halogens is 1. The van der Waals surface area contributed by atoms with Crippen LogP contribution in [-0.4, -0.2) is 34.5 Å². The van der Waals surface area contributed by atoms with Gasteiger partial charge in [-0.2, -0.15) is 0 Å². The molecule has 0 bridgehead atoms. The van der Waals surface area contributed by atoms with E-state index >= 15 is 0 Å². The van der Waals surface area contributed by atoms with Crippen molar-refractivity contribution in [3.8, 4) is 11.5 Å². The number of hydrogen-bond donors (Lipinski definition) is 1. The molecule has 210 valence electrons. The number of benzene rings is 3. The van der Waals surface area contributed by atoms with E-state index < -0.39 is 23.5 Å². The third kappa shape index (κ3) is 5.06. The van der Waals surface area contributed by atoms with E-state index in [0.717, 1.165) is 41.9 Å². The van der Waals surface area contributed by atoms with E-state index in [1.165, 1.54) is 23.1 Å². The molecule has 1 aromatic heterocycles. The smallest absolute Gasteiger partial charge is 0.301 e. The first-order valence-corrected chi connectivity index (χ1v) is 14.6. The monoisotopic (exact) mass is 572 g/mol. The van der Waals surface area contributed by atoms with Crippen molar-refractivity contribution in [2.45, 2.75) is 51.7 Å². The summed E-state index contributed by atoms with van der Waals surface area (Å²) < 4.78 is 26.1. The van der Waals surface area contributed by atoms with Crippen LogP contribution >= 0.6 is 11.3 Å². The van der Waals surface area contributed by atoms with Crippen molar-refractivity contribution in [1.29, 1.82) is 0 Å². The molecule has 0 saturated carbocycles. The normalized spacial score (nSPS) is 19.5. The van der Waals surface area contributed by atoms with Crippen LogP contribution in [0.5, 0.6) is 11.5 Å². The van der Waals surface area contributed by atoms with Crippen molar-refractivity contribution in [1.82, 2.24) is 4.98 Å². The largest absolute Gasteiger partial charge is 0.507 e. The molecule has 2 aliphatic rings. The van der Waals surface area contributed by atoms with Gasteiger partial charge < -0.3 is 14.6 Å². The highest BCUT2D eigenvalue weighted by atomic mass is 32.1. The van der Waals surface area contributed by atoms with Crippen molar-refractivity contribution in [2.75, 3.05) is 11.5 Å². The molecule has 2 unspecified atom stereocenters. The summed E-state index contributed by atoms with van der Waals surface area (Å²) in [5.41, 5.74) is 2.42. The number of aliphatic hydroxyl groups excluding tert-OH is 1. The van der Waals surface area contributed by atoms with Crippen LogP contribution in [-0.2, 0) is 16.0 Å². The van der Waals surface area contributed by atoms with E-state index in [4.69, 9.17) is 9.47 Å².